The molecule has 0 bridgehead atoms. The number of nitrogens with one attached hydrogen (secondary N) is 2. The van der Waals surface area contributed by atoms with E-state index in [1.54, 1.807) is 33.5 Å². The zero-order valence-electron chi connectivity index (χ0n) is 29.5. The van der Waals surface area contributed by atoms with E-state index in [4.69, 9.17) is 35.3 Å². The molecule has 0 aliphatic heterocycles. The molecule has 0 radical (unpaired) electrons. The van der Waals surface area contributed by atoms with E-state index in [-0.39, 0.29) is 5.02 Å². The summed E-state index contributed by atoms with van der Waals surface area (Å²) in [5.41, 5.74) is 6.78. The SMILES string of the molecule is COc1cc2ncnc(Nc3ccc(F)c(Cl)c3)c2cc1OCCCNCc1c(OC)cc(OCc2cccc(-c3ccccc3)c2C)cc1OC. The Bertz CT molecular complexity index is 2130. The molecule has 268 valence electrons. The predicted octanol–water partition coefficient (Wildman–Crippen LogP) is 9.30. The Hall–Kier alpha value is -5.58. The Labute approximate surface area is 307 Å². The monoisotopic (exact) mass is 722 g/mol. The van der Waals surface area contributed by atoms with Crippen molar-refractivity contribution >= 4 is 34.0 Å². The average Bonchev–Trinajstić information content (AvgIpc) is 3.17. The molecule has 0 spiro atoms. The van der Waals surface area contributed by atoms with Crippen LogP contribution in [-0.2, 0) is 13.2 Å². The Balaban J connectivity index is 1.06. The number of aromatic nitrogens is 2. The third-order valence-electron chi connectivity index (χ3n) is 8.67. The normalized spacial score (nSPS) is 11.0. The van der Waals surface area contributed by atoms with Crippen molar-refractivity contribution in [2.45, 2.75) is 26.5 Å². The van der Waals surface area contributed by atoms with Gasteiger partial charge in [0, 0.05) is 35.8 Å². The molecule has 1 aromatic heterocycles. The lowest BCUT2D eigenvalue weighted by Crippen LogP contribution is -2.18. The van der Waals surface area contributed by atoms with Crippen LogP contribution in [0.2, 0.25) is 5.02 Å². The van der Waals surface area contributed by atoms with Crippen molar-refractivity contribution < 1.29 is 28.1 Å². The highest BCUT2D eigenvalue weighted by Gasteiger charge is 2.16. The molecule has 5 aromatic carbocycles. The molecule has 0 amide bonds. The van der Waals surface area contributed by atoms with E-state index in [1.807, 2.05) is 36.4 Å². The largest absolute Gasteiger partial charge is 0.496 e. The van der Waals surface area contributed by atoms with Gasteiger partial charge in [0.05, 0.1) is 44.0 Å². The minimum Gasteiger partial charge on any atom is -0.496 e. The second kappa shape index (κ2) is 17.1. The van der Waals surface area contributed by atoms with Crippen LogP contribution in [0.15, 0.2) is 97.3 Å². The Morgan fingerprint density at radius 2 is 1.54 bits per heavy atom. The van der Waals surface area contributed by atoms with Crippen molar-refractivity contribution in [3.63, 3.8) is 0 Å². The van der Waals surface area contributed by atoms with Gasteiger partial charge in [0.2, 0.25) is 0 Å². The standard InChI is InChI=1S/C41H40ClFN4O5/c1-26-28(12-8-13-31(26)27-10-6-5-7-11-27)24-52-30-19-37(48-2)33(38(20-30)49-3)23-44-16-9-17-51-40-21-32-36(22-39(40)50-4)45-25-46-41(32)47-29-14-15-35(43)34(42)18-29/h5-8,10-15,18-22,25,44H,9,16-17,23-24H2,1-4H3,(H,45,46,47). The average molecular weight is 723 g/mol. The lowest BCUT2D eigenvalue weighted by atomic mass is 9.97. The van der Waals surface area contributed by atoms with Crippen molar-refractivity contribution in [1.29, 1.82) is 0 Å². The molecular formula is C41H40ClFN4O5. The Morgan fingerprint density at radius 3 is 2.27 bits per heavy atom. The van der Waals surface area contributed by atoms with Gasteiger partial charge in [-0.1, -0.05) is 60.1 Å². The fraction of sp³-hybridized carbons (Fsp3) is 0.220. The van der Waals surface area contributed by atoms with Gasteiger partial charge in [-0.15, -0.1) is 0 Å². The summed E-state index contributed by atoms with van der Waals surface area (Å²) < 4.78 is 43.2. The van der Waals surface area contributed by atoms with Crippen LogP contribution in [0.25, 0.3) is 22.0 Å². The van der Waals surface area contributed by atoms with E-state index in [9.17, 15) is 4.39 Å². The van der Waals surface area contributed by atoms with Gasteiger partial charge in [-0.05, 0) is 66.4 Å². The van der Waals surface area contributed by atoms with E-state index in [0.29, 0.717) is 83.9 Å². The maximum Gasteiger partial charge on any atom is 0.162 e. The van der Waals surface area contributed by atoms with Crippen molar-refractivity contribution in [3.8, 4) is 39.9 Å². The number of benzene rings is 5. The topological polar surface area (TPSA) is 96.0 Å². The number of rotatable bonds is 16. The van der Waals surface area contributed by atoms with Gasteiger partial charge in [0.25, 0.3) is 0 Å². The molecule has 0 aliphatic carbocycles. The van der Waals surface area contributed by atoms with Crippen LogP contribution >= 0.6 is 11.6 Å². The highest BCUT2D eigenvalue weighted by molar-refractivity contribution is 6.31. The van der Waals surface area contributed by atoms with E-state index in [1.165, 1.54) is 35.2 Å². The van der Waals surface area contributed by atoms with Gasteiger partial charge >= 0.3 is 0 Å². The van der Waals surface area contributed by atoms with Crippen LogP contribution in [0.3, 0.4) is 0 Å². The molecule has 9 nitrogen and oxygen atoms in total. The highest BCUT2D eigenvalue weighted by atomic mass is 35.5. The van der Waals surface area contributed by atoms with Gasteiger partial charge in [0.1, 0.15) is 41.8 Å². The van der Waals surface area contributed by atoms with Crippen LogP contribution < -0.4 is 34.3 Å². The molecule has 0 atom stereocenters. The highest BCUT2D eigenvalue weighted by Crippen LogP contribution is 2.37. The number of fused-ring (bicyclic) bond motifs is 1. The molecular weight excluding hydrogens is 683 g/mol. The third kappa shape index (κ3) is 8.47. The minimum atomic E-state index is -0.497. The lowest BCUT2D eigenvalue weighted by Gasteiger charge is -2.17. The fourth-order valence-electron chi connectivity index (χ4n) is 5.89. The van der Waals surface area contributed by atoms with Crippen LogP contribution in [0, 0.1) is 12.7 Å². The molecule has 52 heavy (non-hydrogen) atoms. The fourth-order valence-corrected chi connectivity index (χ4v) is 6.07. The van der Waals surface area contributed by atoms with Gasteiger partial charge in [-0.2, -0.15) is 0 Å². The molecule has 11 heteroatoms. The molecule has 0 aliphatic rings. The second-order valence-electron chi connectivity index (χ2n) is 11.9. The van der Waals surface area contributed by atoms with Crippen LogP contribution in [-0.4, -0.2) is 44.4 Å². The van der Waals surface area contributed by atoms with Crippen LogP contribution in [0.4, 0.5) is 15.9 Å². The van der Waals surface area contributed by atoms with E-state index in [2.05, 4.69) is 57.9 Å². The zero-order chi connectivity index (χ0) is 36.5. The predicted molar refractivity (Wildman–Crippen MR) is 203 cm³/mol. The number of nitrogens with zero attached hydrogens (tertiary/aromatic N) is 2. The molecule has 0 unspecified atom stereocenters. The summed E-state index contributed by atoms with van der Waals surface area (Å²) in [6.45, 7) is 4.14. The number of hydrogen-bond acceptors (Lipinski definition) is 9. The maximum atomic E-state index is 13.7. The molecule has 6 rings (SSSR count). The van der Waals surface area contributed by atoms with Gasteiger partial charge in [-0.3, -0.25) is 0 Å². The van der Waals surface area contributed by atoms with Crippen molar-refractivity contribution in [2.75, 3.05) is 39.8 Å². The number of hydrogen-bond donors (Lipinski definition) is 2. The summed E-state index contributed by atoms with van der Waals surface area (Å²) >= 11 is 5.98. The summed E-state index contributed by atoms with van der Waals surface area (Å²) in [7, 11) is 4.86. The summed E-state index contributed by atoms with van der Waals surface area (Å²) in [6.07, 6.45) is 2.15. The summed E-state index contributed by atoms with van der Waals surface area (Å²) in [6, 6.07) is 28.4. The van der Waals surface area contributed by atoms with Crippen molar-refractivity contribution in [2.24, 2.45) is 0 Å². The first-order valence-corrected chi connectivity index (χ1v) is 17.2. The molecule has 6 aromatic rings. The minimum absolute atomic E-state index is 0.0115. The molecule has 1 heterocycles. The molecule has 0 saturated heterocycles. The number of ether oxygens (including phenoxy) is 5. The first-order valence-electron chi connectivity index (χ1n) is 16.8. The van der Waals surface area contributed by atoms with Gasteiger partial charge in [0.15, 0.2) is 11.5 Å². The van der Waals surface area contributed by atoms with E-state index < -0.39 is 5.82 Å². The Morgan fingerprint density at radius 1 is 0.769 bits per heavy atom. The molecule has 0 fully saturated rings. The van der Waals surface area contributed by atoms with Crippen molar-refractivity contribution in [3.05, 3.63) is 125 Å². The Kier molecular flexibility index (Phi) is 11.9. The maximum absolute atomic E-state index is 13.7. The summed E-state index contributed by atoms with van der Waals surface area (Å²) in [5, 5.41) is 7.38. The van der Waals surface area contributed by atoms with Crippen molar-refractivity contribution in [1.82, 2.24) is 15.3 Å². The van der Waals surface area contributed by atoms with Crippen LogP contribution in [0.1, 0.15) is 23.1 Å². The quantitative estimate of drug-likeness (QED) is 0.0948. The molecule has 0 saturated carbocycles. The zero-order valence-corrected chi connectivity index (χ0v) is 30.2. The van der Waals surface area contributed by atoms with Crippen LogP contribution in [0.5, 0.6) is 28.7 Å². The number of anilines is 2. The number of halogens is 2. The smallest absolute Gasteiger partial charge is 0.162 e. The first-order chi connectivity index (χ1) is 25.4. The lowest BCUT2D eigenvalue weighted by molar-refractivity contribution is 0.287. The summed E-state index contributed by atoms with van der Waals surface area (Å²) in [5.74, 6) is 3.12. The molecule has 2 N–H and O–H groups in total. The van der Waals surface area contributed by atoms with Gasteiger partial charge in [-0.25, -0.2) is 14.4 Å². The summed E-state index contributed by atoms with van der Waals surface area (Å²) in [4.78, 5) is 8.76. The van der Waals surface area contributed by atoms with E-state index >= 15 is 0 Å². The van der Waals surface area contributed by atoms with E-state index in [0.717, 1.165) is 11.1 Å². The first kappa shape index (κ1) is 36.2. The second-order valence-corrected chi connectivity index (χ2v) is 12.3. The van der Waals surface area contributed by atoms with Gasteiger partial charge < -0.3 is 34.3 Å². The third-order valence-corrected chi connectivity index (χ3v) is 8.96. The number of methoxy groups -OCH3 is 3.